The average molecular weight is 469 g/mol. The molecule has 0 aromatic heterocycles. The Kier molecular flexibility index (Phi) is 6.96. The second-order valence-corrected chi connectivity index (χ2v) is 8.45. The third-order valence-electron chi connectivity index (χ3n) is 5.21. The largest absolute Gasteiger partial charge is 0.457 e. The molecule has 0 aliphatic rings. The molecule has 0 aliphatic carbocycles. The minimum atomic E-state index is 0.563. The third kappa shape index (κ3) is 5.73. The van der Waals surface area contributed by atoms with Gasteiger partial charge in [-0.3, -0.25) is 0 Å². The maximum atomic E-state index is 9.38. The first-order chi connectivity index (χ1) is 16.0. The minimum absolute atomic E-state index is 0.563. The molecule has 33 heavy (non-hydrogen) atoms. The quantitative estimate of drug-likeness (QED) is 0.291. The molecule has 4 aromatic carbocycles. The lowest BCUT2D eigenvalue weighted by Gasteiger charge is -2.15. The monoisotopic (exact) mass is 468 g/mol. The molecule has 0 spiro atoms. The van der Waals surface area contributed by atoms with Gasteiger partial charge >= 0.3 is 0 Å². The lowest BCUT2D eigenvalue weighted by Crippen LogP contribution is -1.99. The summed E-state index contributed by atoms with van der Waals surface area (Å²) in [4.78, 5) is 0. The number of hydrogen-bond donors (Lipinski definition) is 0. The van der Waals surface area contributed by atoms with Crippen LogP contribution in [0, 0.1) is 22.7 Å². The molecule has 0 saturated carbocycles. The fraction of sp³-hybridized carbons (Fsp3) is 0.0714. The molecule has 0 radical (unpaired) electrons. The molecule has 0 fully saturated rings. The Morgan fingerprint density at radius 1 is 0.576 bits per heavy atom. The van der Waals surface area contributed by atoms with E-state index in [1.807, 2.05) is 72.8 Å². The van der Waals surface area contributed by atoms with E-state index < -0.39 is 0 Å². The van der Waals surface area contributed by atoms with Crippen molar-refractivity contribution in [2.45, 2.75) is 12.8 Å². The molecule has 0 heterocycles. The molecular weight excluding hydrogens is 451 g/mol. The zero-order chi connectivity index (χ0) is 23.2. The zero-order valence-corrected chi connectivity index (χ0v) is 19.1. The third-order valence-corrected chi connectivity index (χ3v) is 5.72. The number of ether oxygens (including phenoxy) is 1. The van der Waals surface area contributed by atoms with Gasteiger partial charge in [-0.15, -0.1) is 0 Å². The van der Waals surface area contributed by atoms with Gasteiger partial charge in [-0.05, 0) is 71.8 Å². The maximum absolute atomic E-state index is 9.38. The van der Waals surface area contributed by atoms with Crippen LogP contribution in [0.25, 0.3) is 0 Å². The standard InChI is InChI=1S/C28H18Cl2N2O/c29-25-7-1-19(2-8-25)13-23-15-21(17-31)5-11-27(23)33-28-12-6-22(18-32)16-24(28)14-20-3-9-26(30)10-4-20/h1-12,15-16H,13-14H2. The van der Waals surface area contributed by atoms with Gasteiger partial charge in [0.2, 0.25) is 0 Å². The highest BCUT2D eigenvalue weighted by Crippen LogP contribution is 2.32. The van der Waals surface area contributed by atoms with Crippen molar-refractivity contribution in [3.05, 3.63) is 128 Å². The van der Waals surface area contributed by atoms with Crippen molar-refractivity contribution in [3.8, 4) is 23.6 Å². The average Bonchev–Trinajstić information content (AvgIpc) is 2.84. The Morgan fingerprint density at radius 2 is 0.970 bits per heavy atom. The van der Waals surface area contributed by atoms with E-state index in [0.29, 0.717) is 45.5 Å². The Hall–Kier alpha value is -3.76. The van der Waals surface area contributed by atoms with Crippen molar-refractivity contribution in [2.24, 2.45) is 0 Å². The van der Waals surface area contributed by atoms with Crippen LogP contribution in [-0.2, 0) is 12.8 Å². The Morgan fingerprint density at radius 3 is 1.33 bits per heavy atom. The molecule has 0 bridgehead atoms. The van der Waals surface area contributed by atoms with Gasteiger partial charge in [-0.25, -0.2) is 0 Å². The van der Waals surface area contributed by atoms with Crippen LogP contribution >= 0.6 is 23.2 Å². The van der Waals surface area contributed by atoms with Crippen LogP contribution in [0.1, 0.15) is 33.4 Å². The van der Waals surface area contributed by atoms with E-state index >= 15 is 0 Å². The molecule has 4 rings (SSSR count). The van der Waals surface area contributed by atoms with E-state index in [0.717, 1.165) is 22.3 Å². The number of nitrogens with zero attached hydrogens (tertiary/aromatic N) is 2. The lowest BCUT2D eigenvalue weighted by atomic mass is 10.0. The van der Waals surface area contributed by atoms with Crippen molar-refractivity contribution in [1.82, 2.24) is 0 Å². The second-order valence-electron chi connectivity index (χ2n) is 7.58. The molecule has 0 aliphatic heterocycles. The highest BCUT2D eigenvalue weighted by atomic mass is 35.5. The Labute approximate surface area is 203 Å². The number of halogens is 2. The van der Waals surface area contributed by atoms with E-state index in [4.69, 9.17) is 27.9 Å². The molecular formula is C28H18Cl2N2O. The van der Waals surface area contributed by atoms with Gasteiger partial charge in [0.1, 0.15) is 11.5 Å². The molecule has 3 nitrogen and oxygen atoms in total. The fourth-order valence-corrected chi connectivity index (χ4v) is 3.79. The van der Waals surface area contributed by atoms with Gasteiger partial charge in [0, 0.05) is 34.0 Å². The van der Waals surface area contributed by atoms with Gasteiger partial charge in [0.15, 0.2) is 0 Å². The van der Waals surface area contributed by atoms with Gasteiger partial charge in [0.25, 0.3) is 0 Å². The predicted molar refractivity (Wildman–Crippen MR) is 131 cm³/mol. The van der Waals surface area contributed by atoms with Crippen molar-refractivity contribution in [3.63, 3.8) is 0 Å². The van der Waals surface area contributed by atoms with E-state index in [2.05, 4.69) is 12.1 Å². The number of rotatable bonds is 6. The summed E-state index contributed by atoms with van der Waals surface area (Å²) >= 11 is 12.0. The van der Waals surface area contributed by atoms with E-state index in [1.165, 1.54) is 0 Å². The molecule has 0 atom stereocenters. The van der Waals surface area contributed by atoms with Crippen LogP contribution in [0.2, 0.25) is 10.0 Å². The zero-order valence-electron chi connectivity index (χ0n) is 17.6. The summed E-state index contributed by atoms with van der Waals surface area (Å²) in [6.45, 7) is 0. The van der Waals surface area contributed by atoms with Crippen LogP contribution in [0.3, 0.4) is 0 Å². The van der Waals surface area contributed by atoms with Crippen LogP contribution in [-0.4, -0.2) is 0 Å². The number of hydrogen-bond acceptors (Lipinski definition) is 3. The van der Waals surface area contributed by atoms with Crippen LogP contribution in [0.15, 0.2) is 84.9 Å². The Balaban J connectivity index is 1.69. The summed E-state index contributed by atoms with van der Waals surface area (Å²) in [5.41, 5.74) is 5.01. The maximum Gasteiger partial charge on any atom is 0.131 e. The molecule has 0 amide bonds. The van der Waals surface area contributed by atoms with Gasteiger partial charge < -0.3 is 4.74 Å². The summed E-state index contributed by atoms with van der Waals surface area (Å²) < 4.78 is 6.36. The summed E-state index contributed by atoms with van der Waals surface area (Å²) in [5.74, 6) is 1.32. The molecule has 5 heteroatoms. The molecule has 0 unspecified atom stereocenters. The molecule has 0 N–H and O–H groups in total. The van der Waals surface area contributed by atoms with E-state index in [9.17, 15) is 10.5 Å². The topological polar surface area (TPSA) is 56.8 Å². The van der Waals surface area contributed by atoms with Crippen LogP contribution in [0.4, 0.5) is 0 Å². The van der Waals surface area contributed by atoms with Gasteiger partial charge in [0.05, 0.1) is 23.3 Å². The van der Waals surface area contributed by atoms with Crippen molar-refractivity contribution < 1.29 is 4.74 Å². The summed E-state index contributed by atoms with van der Waals surface area (Å²) in [6.07, 6.45) is 1.18. The normalized spacial score (nSPS) is 10.3. The highest BCUT2D eigenvalue weighted by Gasteiger charge is 2.12. The molecule has 0 saturated heterocycles. The molecule has 160 valence electrons. The van der Waals surface area contributed by atoms with Crippen molar-refractivity contribution in [1.29, 1.82) is 10.5 Å². The number of benzene rings is 4. The lowest BCUT2D eigenvalue weighted by molar-refractivity contribution is 0.472. The first kappa shape index (κ1) is 22.4. The SMILES string of the molecule is N#Cc1ccc(Oc2ccc(C#N)cc2Cc2ccc(Cl)cc2)c(Cc2ccc(Cl)cc2)c1. The van der Waals surface area contributed by atoms with Gasteiger partial charge in [-0.2, -0.15) is 10.5 Å². The van der Waals surface area contributed by atoms with Crippen molar-refractivity contribution in [2.75, 3.05) is 0 Å². The second kappa shape index (κ2) is 10.2. The van der Waals surface area contributed by atoms with E-state index in [1.54, 1.807) is 12.1 Å². The molecule has 4 aromatic rings. The highest BCUT2D eigenvalue weighted by molar-refractivity contribution is 6.30. The van der Waals surface area contributed by atoms with Crippen molar-refractivity contribution >= 4 is 23.2 Å². The fourth-order valence-electron chi connectivity index (χ4n) is 3.54. The Bertz CT molecular complexity index is 1260. The number of nitriles is 2. The smallest absolute Gasteiger partial charge is 0.131 e. The summed E-state index contributed by atoms with van der Waals surface area (Å²) in [7, 11) is 0. The predicted octanol–water partition coefficient (Wildman–Crippen LogP) is 7.71. The minimum Gasteiger partial charge on any atom is -0.457 e. The van der Waals surface area contributed by atoms with Crippen LogP contribution in [0.5, 0.6) is 11.5 Å². The van der Waals surface area contributed by atoms with Crippen LogP contribution < -0.4 is 4.74 Å². The van der Waals surface area contributed by atoms with Gasteiger partial charge in [-0.1, -0.05) is 47.5 Å². The summed E-state index contributed by atoms with van der Waals surface area (Å²) in [5, 5.41) is 20.1. The summed E-state index contributed by atoms with van der Waals surface area (Å²) in [6, 6.07) is 30.4. The first-order valence-corrected chi connectivity index (χ1v) is 11.0. The first-order valence-electron chi connectivity index (χ1n) is 10.3. The van der Waals surface area contributed by atoms with E-state index in [-0.39, 0.29) is 0 Å².